The lowest BCUT2D eigenvalue weighted by Gasteiger charge is -2.37. The number of halogens is 1. The molecule has 0 N–H and O–H groups in total. The van der Waals surface area contributed by atoms with Crippen molar-refractivity contribution in [2.75, 3.05) is 4.90 Å². The van der Waals surface area contributed by atoms with Crippen molar-refractivity contribution >= 4 is 29.1 Å². The number of fused-ring (bicyclic) bond motifs is 5. The molecule has 1 aromatic heterocycles. The third-order valence-electron chi connectivity index (χ3n) is 8.22. The van der Waals surface area contributed by atoms with E-state index in [2.05, 4.69) is 0 Å². The molecule has 38 heavy (non-hydrogen) atoms. The number of benzene rings is 3. The third kappa shape index (κ3) is 2.83. The number of nitrogens with zero attached hydrogens (tertiary/aromatic N) is 1. The van der Waals surface area contributed by atoms with Gasteiger partial charge >= 0.3 is 0 Å². The molecule has 0 saturated carbocycles. The van der Waals surface area contributed by atoms with Crippen molar-refractivity contribution < 1.29 is 23.2 Å². The lowest BCUT2D eigenvalue weighted by atomic mass is 9.65. The fraction of sp³-hybridized carbons (Fsp3) is 0.156. The van der Waals surface area contributed by atoms with Gasteiger partial charge in [0.25, 0.3) is 0 Å². The highest BCUT2D eigenvalue weighted by molar-refractivity contribution is 6.32. The van der Waals surface area contributed by atoms with Crippen molar-refractivity contribution in [1.82, 2.24) is 0 Å². The van der Waals surface area contributed by atoms with E-state index < -0.39 is 29.2 Å². The van der Waals surface area contributed by atoms with Crippen LogP contribution in [0.4, 0.5) is 10.1 Å². The van der Waals surface area contributed by atoms with Gasteiger partial charge in [0.15, 0.2) is 17.3 Å². The van der Waals surface area contributed by atoms with Crippen LogP contribution < -0.4 is 4.90 Å². The van der Waals surface area contributed by atoms with Crippen molar-refractivity contribution in [3.63, 3.8) is 0 Å². The van der Waals surface area contributed by atoms with Crippen LogP contribution in [0.3, 0.4) is 0 Å². The second-order valence-corrected chi connectivity index (χ2v) is 10.2. The number of anilines is 1. The molecule has 3 atom stereocenters. The van der Waals surface area contributed by atoms with E-state index in [0.29, 0.717) is 33.7 Å². The van der Waals surface area contributed by atoms with Crippen LogP contribution in [0.1, 0.15) is 53.9 Å². The van der Waals surface area contributed by atoms with Gasteiger partial charge in [-0.1, -0.05) is 66.2 Å². The summed E-state index contributed by atoms with van der Waals surface area (Å²) in [5.74, 6) is -1.84. The minimum absolute atomic E-state index is 0.240. The largest absolute Gasteiger partial charge is 0.469 e. The number of carbonyl (C=O) groups is 3. The Balaban J connectivity index is 1.53. The minimum atomic E-state index is -1.63. The van der Waals surface area contributed by atoms with E-state index in [1.54, 1.807) is 66.7 Å². The van der Waals surface area contributed by atoms with Crippen LogP contribution in [0, 0.1) is 18.2 Å². The van der Waals surface area contributed by atoms with Gasteiger partial charge in [-0.05, 0) is 37.3 Å². The molecule has 0 bridgehead atoms. The third-order valence-corrected chi connectivity index (χ3v) is 8.22. The number of rotatable bonds is 3. The molecule has 3 heterocycles. The Kier molecular flexibility index (Phi) is 4.73. The van der Waals surface area contributed by atoms with E-state index in [4.69, 9.17) is 4.42 Å². The Labute approximate surface area is 218 Å². The second-order valence-electron chi connectivity index (χ2n) is 10.2. The van der Waals surface area contributed by atoms with Gasteiger partial charge < -0.3 is 9.32 Å². The maximum Gasteiger partial charge on any atom is 0.186 e. The zero-order valence-electron chi connectivity index (χ0n) is 20.4. The first-order valence-electron chi connectivity index (χ1n) is 12.5. The van der Waals surface area contributed by atoms with Gasteiger partial charge in [-0.15, -0.1) is 0 Å². The number of hydrogen-bond acceptors (Lipinski definition) is 5. The molecule has 5 nitrogen and oxygen atoms in total. The number of aryl methyl sites for hydroxylation is 1. The number of ketones is 3. The lowest BCUT2D eigenvalue weighted by molar-refractivity contribution is 0.0652. The second kappa shape index (κ2) is 7.96. The molecule has 7 rings (SSSR count). The molecule has 0 unspecified atom stereocenters. The zero-order chi connectivity index (χ0) is 26.2. The predicted molar refractivity (Wildman–Crippen MR) is 140 cm³/mol. The van der Waals surface area contributed by atoms with Crippen LogP contribution in [0.2, 0.25) is 0 Å². The molecule has 1 saturated heterocycles. The van der Waals surface area contributed by atoms with Crippen LogP contribution in [0.25, 0.3) is 6.08 Å². The topological polar surface area (TPSA) is 67.6 Å². The highest BCUT2D eigenvalue weighted by atomic mass is 19.1. The van der Waals surface area contributed by atoms with Crippen molar-refractivity contribution in [1.29, 1.82) is 0 Å². The summed E-state index contributed by atoms with van der Waals surface area (Å²) in [7, 11) is 0. The smallest absolute Gasteiger partial charge is 0.186 e. The van der Waals surface area contributed by atoms with E-state index >= 15 is 0 Å². The highest BCUT2D eigenvalue weighted by Crippen LogP contribution is 2.61. The summed E-state index contributed by atoms with van der Waals surface area (Å²) >= 11 is 0. The monoisotopic (exact) mass is 503 g/mol. The molecule has 0 amide bonds. The van der Waals surface area contributed by atoms with E-state index in [1.165, 1.54) is 18.4 Å². The Morgan fingerprint density at radius 1 is 0.921 bits per heavy atom. The van der Waals surface area contributed by atoms with E-state index in [0.717, 1.165) is 5.56 Å². The molecule has 1 aliphatic carbocycles. The summed E-state index contributed by atoms with van der Waals surface area (Å²) in [6.45, 7) is 1.94. The highest BCUT2D eigenvalue weighted by Gasteiger charge is 2.72. The Morgan fingerprint density at radius 2 is 1.63 bits per heavy atom. The van der Waals surface area contributed by atoms with Gasteiger partial charge in [0.05, 0.1) is 18.2 Å². The minimum Gasteiger partial charge on any atom is -0.469 e. The van der Waals surface area contributed by atoms with Crippen LogP contribution >= 0.6 is 0 Å². The quantitative estimate of drug-likeness (QED) is 0.252. The molecule has 4 aromatic rings. The van der Waals surface area contributed by atoms with Crippen molar-refractivity contribution in [3.05, 3.63) is 131 Å². The molecule has 0 radical (unpaired) electrons. The van der Waals surface area contributed by atoms with E-state index in [1.807, 2.05) is 24.0 Å². The van der Waals surface area contributed by atoms with Crippen LogP contribution in [0.15, 0.2) is 95.6 Å². The van der Waals surface area contributed by atoms with Gasteiger partial charge in [-0.25, -0.2) is 4.39 Å². The molecule has 1 spiro atoms. The molecular weight excluding hydrogens is 481 g/mol. The predicted octanol–water partition coefficient (Wildman–Crippen LogP) is 6.04. The number of furan rings is 1. The van der Waals surface area contributed by atoms with Gasteiger partial charge in [-0.2, -0.15) is 0 Å². The molecule has 1 fully saturated rings. The molecular formula is C32H22FNO4. The summed E-state index contributed by atoms with van der Waals surface area (Å²) in [6.07, 6.45) is 4.99. The maximum absolute atomic E-state index is 14.4. The Hall–Kier alpha value is -4.58. The van der Waals surface area contributed by atoms with E-state index in [9.17, 15) is 18.8 Å². The maximum atomic E-state index is 14.4. The molecule has 2 aliphatic heterocycles. The summed E-state index contributed by atoms with van der Waals surface area (Å²) < 4.78 is 20.1. The van der Waals surface area contributed by atoms with Gasteiger partial charge in [0.1, 0.15) is 23.0 Å². The van der Waals surface area contributed by atoms with Crippen molar-refractivity contribution in [2.45, 2.75) is 24.9 Å². The first-order valence-corrected chi connectivity index (χ1v) is 12.5. The average Bonchev–Trinajstić information content (AvgIpc) is 3.62. The van der Waals surface area contributed by atoms with Crippen LogP contribution in [0.5, 0.6) is 0 Å². The first-order chi connectivity index (χ1) is 18.4. The summed E-state index contributed by atoms with van der Waals surface area (Å²) in [5.41, 5.74) is 1.69. The normalized spacial score (nSPS) is 22.5. The molecule has 3 aromatic carbocycles. The standard InChI is InChI=1S/C32H22FNO4/c1-18-8-10-19(11-9-18)29(35)28-27(25-7-4-16-38-25)32(30(36)22-5-2-3-6-23(22)31(32)37)26-15-12-20-17-21(33)13-14-24(20)34(26)28/h2-17,26-28H,1H3/t26-,27-,28+/m0/s1. The van der Waals surface area contributed by atoms with Crippen LogP contribution in [-0.4, -0.2) is 29.4 Å². The van der Waals surface area contributed by atoms with Gasteiger partial charge in [0, 0.05) is 27.9 Å². The lowest BCUT2D eigenvalue weighted by Crippen LogP contribution is -2.48. The fourth-order valence-electron chi connectivity index (χ4n) is 6.61. The molecule has 3 aliphatic rings. The number of hydrogen-bond donors (Lipinski definition) is 0. The average molecular weight is 504 g/mol. The van der Waals surface area contributed by atoms with Crippen molar-refractivity contribution in [3.8, 4) is 0 Å². The zero-order valence-corrected chi connectivity index (χ0v) is 20.4. The summed E-state index contributed by atoms with van der Waals surface area (Å²) in [4.78, 5) is 45.1. The SMILES string of the molecule is Cc1ccc(C(=O)[C@H]2[C@H](c3ccco3)C3(C(=O)c4ccccc4C3=O)[C@@H]3C=Cc4cc(F)ccc4N32)cc1. The number of carbonyl (C=O) groups excluding carboxylic acids is 3. The van der Waals surface area contributed by atoms with Crippen LogP contribution in [-0.2, 0) is 0 Å². The van der Waals surface area contributed by atoms with Gasteiger partial charge in [0.2, 0.25) is 0 Å². The Morgan fingerprint density at radius 3 is 2.29 bits per heavy atom. The van der Waals surface area contributed by atoms with E-state index in [-0.39, 0.29) is 17.3 Å². The number of Topliss-reactive ketones (excluding diaryl/α,β-unsaturated/α-hetero) is 3. The van der Waals surface area contributed by atoms with Gasteiger partial charge in [-0.3, -0.25) is 14.4 Å². The Bertz CT molecular complexity index is 1630. The molecule has 6 heteroatoms. The summed E-state index contributed by atoms with van der Waals surface area (Å²) in [5, 5.41) is 0. The molecule has 186 valence electrons. The fourth-order valence-corrected chi connectivity index (χ4v) is 6.61. The summed E-state index contributed by atoms with van der Waals surface area (Å²) in [6, 6.07) is 20.1. The first kappa shape index (κ1) is 22.6. The van der Waals surface area contributed by atoms with Crippen molar-refractivity contribution in [2.24, 2.45) is 5.41 Å².